The van der Waals surface area contributed by atoms with Crippen molar-refractivity contribution in [3.05, 3.63) is 24.0 Å². The molecule has 1 aliphatic heterocycles. The van der Waals surface area contributed by atoms with Crippen molar-refractivity contribution in [2.45, 2.75) is 19.4 Å². The van der Waals surface area contributed by atoms with Gasteiger partial charge in [0, 0.05) is 37.6 Å². The van der Waals surface area contributed by atoms with Crippen molar-refractivity contribution < 1.29 is 9.90 Å². The quantitative estimate of drug-likeness (QED) is 0.875. The summed E-state index contributed by atoms with van der Waals surface area (Å²) in [7, 11) is 2.14. The first-order valence-corrected chi connectivity index (χ1v) is 6.26. The van der Waals surface area contributed by atoms with E-state index in [1.807, 2.05) is 6.07 Å². The fourth-order valence-corrected chi connectivity index (χ4v) is 2.35. The number of rotatable bonds is 3. The molecule has 0 radical (unpaired) electrons. The molecule has 0 amide bonds. The van der Waals surface area contributed by atoms with E-state index in [-0.39, 0.29) is 5.69 Å². The molecular weight excluding hydrogens is 230 g/mol. The third-order valence-corrected chi connectivity index (χ3v) is 3.58. The van der Waals surface area contributed by atoms with Gasteiger partial charge in [0.15, 0.2) is 0 Å². The second-order valence-corrected chi connectivity index (χ2v) is 4.69. The molecular formula is C13H19N3O2. The Hall–Kier alpha value is -1.62. The summed E-state index contributed by atoms with van der Waals surface area (Å²) in [4.78, 5) is 19.4. The molecule has 0 aromatic carbocycles. The van der Waals surface area contributed by atoms with Crippen molar-refractivity contribution in [2.75, 3.05) is 31.6 Å². The molecule has 0 bridgehead atoms. The van der Waals surface area contributed by atoms with Gasteiger partial charge in [0.2, 0.25) is 0 Å². The highest BCUT2D eigenvalue weighted by Gasteiger charge is 2.23. The lowest BCUT2D eigenvalue weighted by Crippen LogP contribution is -2.51. The number of aromatic carboxylic acids is 1. The number of pyridine rings is 1. The maximum Gasteiger partial charge on any atom is 0.354 e. The number of carboxylic acid groups (broad SMARTS) is 1. The Morgan fingerprint density at radius 2 is 2.33 bits per heavy atom. The molecule has 0 spiro atoms. The number of piperazine rings is 1. The van der Waals surface area contributed by atoms with Gasteiger partial charge >= 0.3 is 5.97 Å². The molecule has 98 valence electrons. The zero-order valence-electron chi connectivity index (χ0n) is 10.8. The van der Waals surface area contributed by atoms with Crippen LogP contribution in [0.25, 0.3) is 0 Å². The largest absolute Gasteiger partial charge is 0.477 e. The zero-order chi connectivity index (χ0) is 13.1. The van der Waals surface area contributed by atoms with Crippen LogP contribution in [0, 0.1) is 0 Å². The third kappa shape index (κ3) is 2.61. The van der Waals surface area contributed by atoms with Crippen LogP contribution in [0.3, 0.4) is 0 Å². The van der Waals surface area contributed by atoms with Gasteiger partial charge in [-0.3, -0.25) is 4.90 Å². The highest BCUT2D eigenvalue weighted by Crippen LogP contribution is 2.20. The van der Waals surface area contributed by atoms with Crippen molar-refractivity contribution in [3.63, 3.8) is 0 Å². The third-order valence-electron chi connectivity index (χ3n) is 3.58. The van der Waals surface area contributed by atoms with Gasteiger partial charge < -0.3 is 10.0 Å². The van der Waals surface area contributed by atoms with Crippen LogP contribution in [0.15, 0.2) is 18.3 Å². The van der Waals surface area contributed by atoms with Gasteiger partial charge in [-0.2, -0.15) is 0 Å². The van der Waals surface area contributed by atoms with Crippen LogP contribution in [0.5, 0.6) is 0 Å². The van der Waals surface area contributed by atoms with E-state index in [4.69, 9.17) is 5.11 Å². The number of anilines is 1. The van der Waals surface area contributed by atoms with Gasteiger partial charge in [0.05, 0.1) is 0 Å². The molecule has 5 nitrogen and oxygen atoms in total. The van der Waals surface area contributed by atoms with Gasteiger partial charge in [-0.05, 0) is 25.6 Å². The summed E-state index contributed by atoms with van der Waals surface area (Å²) in [5, 5.41) is 8.96. The summed E-state index contributed by atoms with van der Waals surface area (Å²) in [6.45, 7) is 5.05. The lowest BCUT2D eigenvalue weighted by atomic mass is 10.1. The summed E-state index contributed by atoms with van der Waals surface area (Å²) in [6, 6.07) is 4.06. The van der Waals surface area contributed by atoms with Crippen LogP contribution < -0.4 is 4.90 Å². The highest BCUT2D eigenvalue weighted by atomic mass is 16.4. The average molecular weight is 249 g/mol. The predicted octanol–water partition coefficient (Wildman–Crippen LogP) is 1.31. The highest BCUT2D eigenvalue weighted by molar-refractivity contribution is 5.86. The van der Waals surface area contributed by atoms with Crippen molar-refractivity contribution in [3.8, 4) is 0 Å². The fraction of sp³-hybridized carbons (Fsp3) is 0.538. The van der Waals surface area contributed by atoms with Crippen molar-refractivity contribution in [1.82, 2.24) is 9.88 Å². The standard InChI is InChI=1S/C13H19N3O2/c1-3-10-9-16(7-6-15(10)2)11-4-5-14-12(8-11)13(17)18/h4-5,8,10H,3,6-7,9H2,1-2H3,(H,17,18). The smallest absolute Gasteiger partial charge is 0.354 e. The molecule has 1 aromatic rings. The van der Waals surface area contributed by atoms with Crippen LogP contribution in [0.2, 0.25) is 0 Å². The van der Waals surface area contributed by atoms with E-state index in [1.165, 1.54) is 0 Å². The SMILES string of the molecule is CCC1CN(c2ccnc(C(=O)O)c2)CCN1C. The molecule has 5 heteroatoms. The van der Waals surface area contributed by atoms with Crippen molar-refractivity contribution in [2.24, 2.45) is 0 Å². The minimum absolute atomic E-state index is 0.111. The molecule has 1 atom stereocenters. The maximum absolute atomic E-state index is 10.9. The molecule has 1 unspecified atom stereocenters. The van der Waals surface area contributed by atoms with Crippen LogP contribution >= 0.6 is 0 Å². The minimum Gasteiger partial charge on any atom is -0.477 e. The lowest BCUT2D eigenvalue weighted by Gasteiger charge is -2.40. The minimum atomic E-state index is -0.974. The fourth-order valence-electron chi connectivity index (χ4n) is 2.35. The Bertz CT molecular complexity index is 436. The van der Waals surface area contributed by atoms with Crippen LogP contribution in [-0.4, -0.2) is 53.7 Å². The molecule has 1 fully saturated rings. The number of hydrogen-bond acceptors (Lipinski definition) is 4. The number of hydrogen-bond donors (Lipinski definition) is 1. The van der Waals surface area contributed by atoms with Crippen molar-refractivity contribution in [1.29, 1.82) is 0 Å². The topological polar surface area (TPSA) is 56.7 Å². The number of nitrogens with zero attached hydrogens (tertiary/aromatic N) is 3. The summed E-state index contributed by atoms with van der Waals surface area (Å²) in [6.07, 6.45) is 2.67. The van der Waals surface area contributed by atoms with E-state index in [9.17, 15) is 4.79 Å². The molecule has 1 aromatic heterocycles. The normalized spacial score (nSPS) is 21.0. The predicted molar refractivity (Wildman–Crippen MR) is 70.1 cm³/mol. The first-order chi connectivity index (χ1) is 8.61. The Labute approximate surface area is 107 Å². The van der Waals surface area contributed by atoms with Gasteiger partial charge in [-0.15, -0.1) is 0 Å². The molecule has 1 aliphatic rings. The van der Waals surface area contributed by atoms with E-state index >= 15 is 0 Å². The summed E-state index contributed by atoms with van der Waals surface area (Å²) >= 11 is 0. The van der Waals surface area contributed by atoms with Crippen LogP contribution in [-0.2, 0) is 0 Å². The Kier molecular flexibility index (Phi) is 3.81. The zero-order valence-corrected chi connectivity index (χ0v) is 10.8. The van der Waals surface area contributed by atoms with Crippen molar-refractivity contribution >= 4 is 11.7 Å². The van der Waals surface area contributed by atoms with E-state index in [1.54, 1.807) is 12.3 Å². The van der Waals surface area contributed by atoms with E-state index in [0.717, 1.165) is 31.7 Å². The number of carbonyl (C=O) groups is 1. The average Bonchev–Trinajstić information content (AvgIpc) is 2.39. The molecule has 2 rings (SSSR count). The maximum atomic E-state index is 10.9. The summed E-state index contributed by atoms with van der Waals surface area (Å²) in [5.74, 6) is -0.974. The van der Waals surface area contributed by atoms with Crippen LogP contribution in [0.1, 0.15) is 23.8 Å². The molecule has 0 saturated carbocycles. The Balaban J connectivity index is 2.16. The number of carboxylic acids is 1. The second kappa shape index (κ2) is 5.35. The summed E-state index contributed by atoms with van der Waals surface area (Å²) < 4.78 is 0. The number of aromatic nitrogens is 1. The number of likely N-dealkylation sites (N-methyl/N-ethyl adjacent to an activating group) is 1. The molecule has 1 saturated heterocycles. The van der Waals surface area contributed by atoms with Gasteiger partial charge in [-0.25, -0.2) is 9.78 Å². The molecule has 0 aliphatic carbocycles. The molecule has 18 heavy (non-hydrogen) atoms. The monoisotopic (exact) mass is 249 g/mol. The molecule has 2 heterocycles. The van der Waals surface area contributed by atoms with E-state index < -0.39 is 5.97 Å². The molecule has 1 N–H and O–H groups in total. The Morgan fingerprint density at radius 1 is 1.56 bits per heavy atom. The Morgan fingerprint density at radius 3 is 3.00 bits per heavy atom. The summed E-state index contributed by atoms with van der Waals surface area (Å²) in [5.41, 5.74) is 1.06. The van der Waals surface area contributed by atoms with E-state index in [2.05, 4.69) is 28.8 Å². The van der Waals surface area contributed by atoms with Gasteiger partial charge in [0.1, 0.15) is 5.69 Å². The lowest BCUT2D eigenvalue weighted by molar-refractivity contribution is 0.0690. The van der Waals surface area contributed by atoms with E-state index in [0.29, 0.717) is 6.04 Å². The van der Waals surface area contributed by atoms with Gasteiger partial charge in [0.25, 0.3) is 0 Å². The first-order valence-electron chi connectivity index (χ1n) is 6.26. The first kappa shape index (κ1) is 12.8. The van der Waals surface area contributed by atoms with Crippen LogP contribution in [0.4, 0.5) is 5.69 Å². The van der Waals surface area contributed by atoms with Gasteiger partial charge in [-0.1, -0.05) is 6.92 Å². The second-order valence-electron chi connectivity index (χ2n) is 4.69.